The Balaban J connectivity index is 1.81. The van der Waals surface area contributed by atoms with Crippen molar-refractivity contribution in [2.24, 2.45) is 0 Å². The highest BCUT2D eigenvalue weighted by Gasteiger charge is 2.11. The van der Waals surface area contributed by atoms with E-state index in [9.17, 15) is 9.90 Å². The molecule has 0 bridgehead atoms. The maximum Gasteiger partial charge on any atom is 0.257 e. The number of nitrogens with one attached hydrogen (secondary N) is 2. The van der Waals surface area contributed by atoms with Crippen LogP contribution in [0.4, 0.5) is 17.2 Å². The molecule has 0 unspecified atom stereocenters. The third-order valence-corrected chi connectivity index (χ3v) is 3.59. The summed E-state index contributed by atoms with van der Waals surface area (Å²) < 4.78 is 0.726. The number of benzene rings is 1. The van der Waals surface area contributed by atoms with E-state index in [0.29, 0.717) is 17.1 Å². The minimum absolute atomic E-state index is 0.178. The number of phenolic OH excluding ortho intramolecular Hbond substituents is 1. The van der Waals surface area contributed by atoms with Gasteiger partial charge in [0.05, 0.1) is 11.3 Å². The van der Waals surface area contributed by atoms with Crippen LogP contribution in [0.3, 0.4) is 0 Å². The molecule has 3 aromatic rings. The first-order chi connectivity index (χ1) is 11.6. The van der Waals surface area contributed by atoms with E-state index >= 15 is 0 Å². The van der Waals surface area contributed by atoms with Gasteiger partial charge in [-0.1, -0.05) is 0 Å². The number of pyridine rings is 2. The average molecular weight is 385 g/mol. The minimum Gasteiger partial charge on any atom is -0.508 e. The molecule has 2 aromatic heterocycles. The van der Waals surface area contributed by atoms with E-state index < -0.39 is 0 Å². The van der Waals surface area contributed by atoms with Gasteiger partial charge >= 0.3 is 0 Å². The number of carbonyl (C=O) groups excluding carboxylic acids is 1. The van der Waals surface area contributed by atoms with Crippen molar-refractivity contribution in [1.82, 2.24) is 9.97 Å². The lowest BCUT2D eigenvalue weighted by Crippen LogP contribution is -2.13. The maximum absolute atomic E-state index is 12.4. The second kappa shape index (κ2) is 7.10. The van der Waals surface area contributed by atoms with Crippen molar-refractivity contribution in [3.05, 3.63) is 71.1 Å². The molecule has 24 heavy (non-hydrogen) atoms. The number of carbonyl (C=O) groups is 1. The number of aromatic hydroxyl groups is 1. The van der Waals surface area contributed by atoms with Crippen molar-refractivity contribution < 1.29 is 9.90 Å². The first-order valence-electron chi connectivity index (χ1n) is 7.05. The second-order valence-corrected chi connectivity index (χ2v) is 5.83. The topological polar surface area (TPSA) is 87.1 Å². The highest BCUT2D eigenvalue weighted by Crippen LogP contribution is 2.24. The summed E-state index contributed by atoms with van der Waals surface area (Å²) in [6.07, 6.45) is 4.72. The number of anilines is 3. The van der Waals surface area contributed by atoms with Crippen LogP contribution >= 0.6 is 15.9 Å². The number of hydrogen-bond donors (Lipinski definition) is 3. The molecule has 0 aliphatic rings. The highest BCUT2D eigenvalue weighted by atomic mass is 79.9. The molecule has 3 rings (SSSR count). The van der Waals surface area contributed by atoms with Crippen molar-refractivity contribution in [2.75, 3.05) is 10.6 Å². The number of hydrogen-bond acceptors (Lipinski definition) is 5. The van der Waals surface area contributed by atoms with Crippen molar-refractivity contribution in [1.29, 1.82) is 0 Å². The molecule has 2 heterocycles. The lowest BCUT2D eigenvalue weighted by molar-refractivity contribution is 0.102. The number of halogens is 1. The zero-order valence-corrected chi connectivity index (χ0v) is 14.0. The van der Waals surface area contributed by atoms with Crippen LogP contribution in [0.15, 0.2) is 65.5 Å². The number of amides is 1. The summed E-state index contributed by atoms with van der Waals surface area (Å²) in [5.74, 6) is 0.391. The highest BCUT2D eigenvalue weighted by molar-refractivity contribution is 9.10. The molecule has 0 spiro atoms. The van der Waals surface area contributed by atoms with E-state index in [1.807, 2.05) is 0 Å². The standard InChI is InChI=1S/C17H13BrN4O2/c18-12-8-11(9-19-10-12)17(24)22-15-2-1-7-20-16(15)21-13-3-5-14(23)6-4-13/h1-10,23H,(H,20,21)(H,22,24). The van der Waals surface area contributed by atoms with Crippen molar-refractivity contribution in [2.45, 2.75) is 0 Å². The molecule has 1 amide bonds. The van der Waals surface area contributed by atoms with Gasteiger partial charge in [0.15, 0.2) is 5.82 Å². The lowest BCUT2D eigenvalue weighted by atomic mass is 10.2. The van der Waals surface area contributed by atoms with Gasteiger partial charge in [0.2, 0.25) is 0 Å². The Kier molecular flexibility index (Phi) is 4.72. The average Bonchev–Trinajstić information content (AvgIpc) is 2.58. The van der Waals surface area contributed by atoms with Gasteiger partial charge in [-0.15, -0.1) is 0 Å². The van der Waals surface area contributed by atoms with Gasteiger partial charge in [-0.05, 0) is 58.4 Å². The van der Waals surface area contributed by atoms with Crippen LogP contribution in [0.1, 0.15) is 10.4 Å². The fourth-order valence-electron chi connectivity index (χ4n) is 2.02. The molecule has 0 aliphatic heterocycles. The molecule has 0 aliphatic carbocycles. The molecule has 3 N–H and O–H groups in total. The van der Waals surface area contributed by atoms with Crippen LogP contribution in [0.25, 0.3) is 0 Å². The summed E-state index contributed by atoms with van der Waals surface area (Å²) in [5, 5.41) is 15.3. The van der Waals surface area contributed by atoms with E-state index in [1.165, 1.54) is 6.20 Å². The summed E-state index contributed by atoms with van der Waals surface area (Å²) >= 11 is 3.29. The van der Waals surface area contributed by atoms with Crippen LogP contribution in [0.5, 0.6) is 5.75 Å². The van der Waals surface area contributed by atoms with E-state index in [0.717, 1.165) is 10.2 Å². The first-order valence-corrected chi connectivity index (χ1v) is 7.84. The third kappa shape index (κ3) is 3.88. The Hall–Kier alpha value is -2.93. The molecular weight excluding hydrogens is 372 g/mol. The fraction of sp³-hybridized carbons (Fsp3) is 0. The minimum atomic E-state index is -0.287. The van der Waals surface area contributed by atoms with E-state index in [2.05, 4.69) is 36.5 Å². The van der Waals surface area contributed by atoms with Gasteiger partial charge in [0, 0.05) is 28.8 Å². The second-order valence-electron chi connectivity index (χ2n) is 4.92. The first kappa shape index (κ1) is 15.9. The predicted molar refractivity (Wildman–Crippen MR) is 95.5 cm³/mol. The quantitative estimate of drug-likeness (QED) is 0.593. The van der Waals surface area contributed by atoms with Crippen LogP contribution in [0, 0.1) is 0 Å². The fourth-order valence-corrected chi connectivity index (χ4v) is 2.38. The van der Waals surface area contributed by atoms with E-state index in [-0.39, 0.29) is 11.7 Å². The van der Waals surface area contributed by atoms with Crippen LogP contribution < -0.4 is 10.6 Å². The number of rotatable bonds is 4. The largest absolute Gasteiger partial charge is 0.508 e. The number of aromatic nitrogens is 2. The Labute approximate surface area is 146 Å². The molecule has 0 fully saturated rings. The zero-order chi connectivity index (χ0) is 16.9. The zero-order valence-electron chi connectivity index (χ0n) is 12.4. The SMILES string of the molecule is O=C(Nc1cccnc1Nc1ccc(O)cc1)c1cncc(Br)c1. The Morgan fingerprint density at radius 1 is 1.12 bits per heavy atom. The molecular formula is C17H13BrN4O2. The Morgan fingerprint density at radius 3 is 2.67 bits per heavy atom. The third-order valence-electron chi connectivity index (χ3n) is 3.15. The van der Waals surface area contributed by atoms with Crippen molar-refractivity contribution >= 4 is 39.0 Å². The molecule has 0 saturated heterocycles. The van der Waals surface area contributed by atoms with Gasteiger partial charge in [0.25, 0.3) is 5.91 Å². The van der Waals surface area contributed by atoms with Crippen molar-refractivity contribution in [3.63, 3.8) is 0 Å². The molecule has 120 valence electrons. The molecule has 0 atom stereocenters. The van der Waals surface area contributed by atoms with Crippen LogP contribution in [-0.2, 0) is 0 Å². The molecule has 1 aromatic carbocycles. The predicted octanol–water partition coefficient (Wildman–Crippen LogP) is 3.94. The van der Waals surface area contributed by atoms with Crippen molar-refractivity contribution in [3.8, 4) is 5.75 Å². The lowest BCUT2D eigenvalue weighted by Gasteiger charge is -2.12. The van der Waals surface area contributed by atoms with Gasteiger partial charge < -0.3 is 15.7 Å². The summed E-state index contributed by atoms with van der Waals surface area (Å²) in [7, 11) is 0. The maximum atomic E-state index is 12.4. The van der Waals surface area contributed by atoms with Crippen LogP contribution in [-0.4, -0.2) is 21.0 Å². The van der Waals surface area contributed by atoms with E-state index in [1.54, 1.807) is 54.9 Å². The number of phenols is 1. The smallest absolute Gasteiger partial charge is 0.257 e. The summed E-state index contributed by atoms with van der Waals surface area (Å²) in [4.78, 5) is 20.6. The van der Waals surface area contributed by atoms with Gasteiger partial charge in [-0.2, -0.15) is 0 Å². The molecule has 0 radical (unpaired) electrons. The van der Waals surface area contributed by atoms with Gasteiger partial charge in [0.1, 0.15) is 5.75 Å². The summed E-state index contributed by atoms with van der Waals surface area (Å²) in [6.45, 7) is 0. The number of nitrogens with zero attached hydrogens (tertiary/aromatic N) is 2. The van der Waals surface area contributed by atoms with Gasteiger partial charge in [-0.25, -0.2) is 4.98 Å². The van der Waals surface area contributed by atoms with E-state index in [4.69, 9.17) is 0 Å². The Bertz CT molecular complexity index is 868. The van der Waals surface area contributed by atoms with Gasteiger partial charge in [-0.3, -0.25) is 9.78 Å². The summed E-state index contributed by atoms with van der Waals surface area (Å²) in [5.41, 5.74) is 1.71. The summed E-state index contributed by atoms with van der Waals surface area (Å²) in [6, 6.07) is 11.7. The molecule has 0 saturated carbocycles. The Morgan fingerprint density at radius 2 is 1.92 bits per heavy atom. The molecule has 7 heteroatoms. The van der Waals surface area contributed by atoms with Crippen LogP contribution in [0.2, 0.25) is 0 Å². The molecule has 6 nitrogen and oxygen atoms in total. The normalized spacial score (nSPS) is 10.2. The monoisotopic (exact) mass is 384 g/mol.